The summed E-state index contributed by atoms with van der Waals surface area (Å²) in [5.41, 5.74) is 1.91. The Hall–Kier alpha value is -2.70. The van der Waals surface area contributed by atoms with Gasteiger partial charge >= 0.3 is 6.09 Å². The summed E-state index contributed by atoms with van der Waals surface area (Å²) in [4.78, 5) is 24.8. The van der Waals surface area contributed by atoms with Crippen LogP contribution in [0.2, 0.25) is 0 Å². The van der Waals surface area contributed by atoms with E-state index in [1.54, 1.807) is 24.3 Å². The van der Waals surface area contributed by atoms with Crippen molar-refractivity contribution < 1.29 is 27.5 Å². The van der Waals surface area contributed by atoms with Crippen LogP contribution < -0.4 is 10.6 Å². The van der Waals surface area contributed by atoms with Gasteiger partial charge < -0.3 is 20.1 Å². The minimum atomic E-state index is -3.53. The minimum Gasteiger partial charge on any atom is -0.446 e. The number of benzene rings is 1. The van der Waals surface area contributed by atoms with Crippen LogP contribution in [0.4, 0.5) is 10.6 Å². The van der Waals surface area contributed by atoms with Crippen LogP contribution in [0.1, 0.15) is 55.8 Å². The number of nitrogens with zero attached hydrogens (tertiary/aromatic N) is 1. The highest BCUT2D eigenvalue weighted by Crippen LogP contribution is 2.64. The highest BCUT2D eigenvalue weighted by Gasteiger charge is 2.63. The zero-order valence-electron chi connectivity index (χ0n) is 21.3. The van der Waals surface area contributed by atoms with Crippen LogP contribution >= 0.6 is 0 Å². The van der Waals surface area contributed by atoms with E-state index in [0.29, 0.717) is 23.5 Å². The summed E-state index contributed by atoms with van der Waals surface area (Å²) in [6.07, 6.45) is 4.77. The van der Waals surface area contributed by atoms with Gasteiger partial charge in [-0.05, 0) is 54.3 Å². The van der Waals surface area contributed by atoms with Crippen LogP contribution in [0.15, 0.2) is 29.2 Å². The number of hydrogen-bond acceptors (Lipinski definition) is 7. The lowest BCUT2D eigenvalue weighted by Crippen LogP contribution is -2.28. The van der Waals surface area contributed by atoms with Crippen LogP contribution in [-0.4, -0.2) is 66.9 Å². The fourth-order valence-electron chi connectivity index (χ4n) is 5.13. The second-order valence-electron chi connectivity index (χ2n) is 10.2. The molecule has 2 aliphatic rings. The van der Waals surface area contributed by atoms with Gasteiger partial charge in [0.05, 0.1) is 17.9 Å². The van der Waals surface area contributed by atoms with E-state index in [4.69, 9.17) is 9.47 Å². The molecule has 37 heavy (non-hydrogen) atoms. The third-order valence-electron chi connectivity index (χ3n) is 7.14. The number of H-pyrrole nitrogens is 1. The lowest BCUT2D eigenvalue weighted by atomic mass is 9.98. The molecule has 1 aromatic heterocycles. The molecule has 3 N–H and O–H groups in total. The van der Waals surface area contributed by atoms with Gasteiger partial charge in [0.2, 0.25) is 5.91 Å². The molecular weight excluding hydrogens is 512 g/mol. The highest BCUT2D eigenvalue weighted by molar-refractivity contribution is 7.90. The molecule has 2 saturated carbocycles. The van der Waals surface area contributed by atoms with Gasteiger partial charge in [-0.2, -0.15) is 5.10 Å². The quantitative estimate of drug-likeness (QED) is 0.390. The normalized spacial score (nSPS) is 24.7. The molecule has 3 radical (unpaired) electrons. The van der Waals surface area contributed by atoms with E-state index in [0.717, 1.165) is 44.1 Å². The summed E-state index contributed by atoms with van der Waals surface area (Å²) in [6.45, 7) is 2.86. The maximum absolute atomic E-state index is 12.8. The van der Waals surface area contributed by atoms with Crippen molar-refractivity contribution in [2.75, 3.05) is 25.2 Å². The number of nitrogens with one attached hydrogen (secondary N) is 3. The summed E-state index contributed by atoms with van der Waals surface area (Å²) < 4.78 is 35.3. The number of rotatable bonds is 10. The molecule has 1 aromatic carbocycles. The van der Waals surface area contributed by atoms with Crippen LogP contribution in [0, 0.1) is 5.41 Å². The smallest absolute Gasteiger partial charge is 0.407 e. The first-order chi connectivity index (χ1) is 17.5. The van der Waals surface area contributed by atoms with Gasteiger partial charge in [-0.1, -0.05) is 19.1 Å². The van der Waals surface area contributed by atoms with E-state index >= 15 is 0 Å². The Morgan fingerprint density at radius 3 is 2.76 bits per heavy atom. The molecule has 2 amide bonds. The van der Waals surface area contributed by atoms with E-state index in [-0.39, 0.29) is 46.5 Å². The van der Waals surface area contributed by atoms with Gasteiger partial charge in [0.25, 0.3) is 0 Å². The number of alkyl carbamates (subject to hydrolysis) is 1. The molecule has 0 saturated heterocycles. The third-order valence-corrected chi connectivity index (χ3v) is 9.02. The molecular formula is C25H33N4O6SSi. The fraction of sp³-hybridized carbons (Fsp3) is 0.560. The lowest BCUT2D eigenvalue weighted by Gasteiger charge is -2.22. The number of aromatic nitrogens is 2. The molecule has 0 aliphatic heterocycles. The summed E-state index contributed by atoms with van der Waals surface area (Å²) in [5.74, 6) is -0.0138. The molecule has 199 valence electrons. The second-order valence-corrected chi connectivity index (χ2v) is 13.1. The monoisotopic (exact) mass is 545 g/mol. The largest absolute Gasteiger partial charge is 0.446 e. The van der Waals surface area contributed by atoms with Gasteiger partial charge in [-0.25, -0.2) is 13.2 Å². The van der Waals surface area contributed by atoms with E-state index < -0.39 is 9.84 Å². The maximum Gasteiger partial charge on any atom is 0.407 e. The molecule has 1 heterocycles. The first kappa shape index (κ1) is 27.3. The molecule has 12 heteroatoms. The van der Waals surface area contributed by atoms with Crippen molar-refractivity contribution in [3.8, 4) is 0 Å². The number of ether oxygens (including phenoxy) is 2. The van der Waals surface area contributed by atoms with Crippen molar-refractivity contribution in [3.63, 3.8) is 0 Å². The van der Waals surface area contributed by atoms with Crippen molar-refractivity contribution in [2.24, 2.45) is 5.41 Å². The molecule has 2 fully saturated rings. The average Bonchev–Trinajstić information content (AvgIpc) is 3.13. The predicted octanol–water partition coefficient (Wildman–Crippen LogP) is 2.58. The SMILES string of the molecule is CCCNC(=O)OC1CC12CC[C@]([Si])(c1cc(NC(=O)Cc3ccc(COC)cc3S(C)(=O)=O)n[nH]1)C2. The van der Waals surface area contributed by atoms with Gasteiger partial charge in [0.15, 0.2) is 15.7 Å². The van der Waals surface area contributed by atoms with Gasteiger partial charge in [-0.15, -0.1) is 0 Å². The zero-order valence-corrected chi connectivity index (χ0v) is 23.2. The Morgan fingerprint density at radius 1 is 1.27 bits per heavy atom. The zero-order chi connectivity index (χ0) is 26.8. The summed E-state index contributed by atoms with van der Waals surface area (Å²) in [5, 5.41) is 12.4. The number of aromatic amines is 1. The van der Waals surface area contributed by atoms with Crippen LogP contribution in [-0.2, 0) is 42.2 Å². The van der Waals surface area contributed by atoms with Gasteiger partial charge in [0.1, 0.15) is 6.10 Å². The summed E-state index contributed by atoms with van der Waals surface area (Å²) >= 11 is 0. The minimum absolute atomic E-state index is 0.0448. The first-order valence-corrected chi connectivity index (χ1v) is 14.7. The van der Waals surface area contributed by atoms with Crippen LogP contribution in [0.5, 0.6) is 0 Å². The van der Waals surface area contributed by atoms with Crippen LogP contribution in [0.3, 0.4) is 0 Å². The van der Waals surface area contributed by atoms with E-state index in [1.165, 1.54) is 7.11 Å². The Balaban J connectivity index is 1.38. The Kier molecular flexibility index (Phi) is 7.82. The molecule has 4 rings (SSSR count). The molecule has 10 nitrogen and oxygen atoms in total. The number of amides is 2. The Bertz CT molecular complexity index is 1280. The molecule has 0 bridgehead atoms. The number of methoxy groups -OCH3 is 1. The Labute approximate surface area is 220 Å². The molecule has 2 aromatic rings. The Morgan fingerprint density at radius 2 is 2.05 bits per heavy atom. The maximum atomic E-state index is 12.8. The molecule has 2 unspecified atom stereocenters. The van der Waals surface area contributed by atoms with E-state index in [2.05, 4.69) is 31.1 Å². The predicted molar refractivity (Wildman–Crippen MR) is 138 cm³/mol. The molecule has 3 atom stereocenters. The number of sulfone groups is 1. The molecule has 1 spiro atoms. The number of hydrogen-bond donors (Lipinski definition) is 3. The fourth-order valence-corrected chi connectivity index (χ4v) is 6.72. The molecule has 2 aliphatic carbocycles. The van der Waals surface area contributed by atoms with E-state index in [9.17, 15) is 18.0 Å². The van der Waals surface area contributed by atoms with Crippen molar-refractivity contribution in [1.82, 2.24) is 15.5 Å². The highest BCUT2D eigenvalue weighted by atomic mass is 32.2. The third kappa shape index (κ3) is 6.24. The van der Waals surface area contributed by atoms with Crippen molar-refractivity contribution in [2.45, 2.75) is 68.1 Å². The van der Waals surface area contributed by atoms with Gasteiger partial charge in [-0.3, -0.25) is 9.89 Å². The second kappa shape index (κ2) is 10.6. The number of carbonyl (C=O) groups excluding carboxylic acids is 2. The standard InChI is InChI=1S/C25H33N4O6SSi/c1-4-9-26-23(31)35-20-13-24(20)7-8-25(37,15-24)19-12-21(29-28-19)27-22(30)11-17-6-5-16(14-34-2)10-18(17)36(3,32)33/h5-6,10,12,20H,4,7-9,11,13-15H2,1-3H3,(H,26,31)(H2,27,28,29,30)/t20?,24?,25-/m1/s1. The average molecular weight is 546 g/mol. The number of anilines is 1. The van der Waals surface area contributed by atoms with E-state index in [1.807, 2.05) is 6.92 Å². The lowest BCUT2D eigenvalue weighted by molar-refractivity contribution is -0.115. The summed E-state index contributed by atoms with van der Waals surface area (Å²) in [7, 11) is 1.94. The van der Waals surface area contributed by atoms with Crippen LogP contribution in [0.25, 0.3) is 0 Å². The topological polar surface area (TPSA) is 139 Å². The number of carbonyl (C=O) groups is 2. The van der Waals surface area contributed by atoms with Crippen molar-refractivity contribution in [3.05, 3.63) is 41.1 Å². The first-order valence-electron chi connectivity index (χ1n) is 12.3. The van der Waals surface area contributed by atoms with Gasteiger partial charge in [0, 0.05) is 47.3 Å². The van der Waals surface area contributed by atoms with Crippen molar-refractivity contribution >= 4 is 37.9 Å². The van der Waals surface area contributed by atoms with Crippen molar-refractivity contribution in [1.29, 1.82) is 0 Å². The summed E-state index contributed by atoms with van der Waals surface area (Å²) in [6, 6.07) is 6.72.